The van der Waals surface area contributed by atoms with E-state index in [1.165, 1.54) is 25.4 Å². The number of carbonyl (C=O) groups excluding carboxylic acids is 6. The molecular weight excluding hydrogens is 784 g/mol. The lowest BCUT2D eigenvalue weighted by molar-refractivity contribution is -0.183. The van der Waals surface area contributed by atoms with Gasteiger partial charge >= 0.3 is 6.18 Å². The van der Waals surface area contributed by atoms with Crippen LogP contribution >= 0.6 is 0 Å². The third-order valence-electron chi connectivity index (χ3n) is 11.2. The fourth-order valence-corrected chi connectivity index (χ4v) is 7.68. The summed E-state index contributed by atoms with van der Waals surface area (Å²) in [5.41, 5.74) is 2.68. The molecule has 2 aliphatic heterocycles. The molecule has 60 heavy (non-hydrogen) atoms. The Kier molecular flexibility index (Phi) is 14.0. The van der Waals surface area contributed by atoms with Crippen molar-refractivity contribution in [3.8, 4) is 11.5 Å². The van der Waals surface area contributed by atoms with Crippen molar-refractivity contribution in [1.29, 1.82) is 0 Å². The molecule has 2 fully saturated rings. The Morgan fingerprint density at radius 1 is 0.950 bits per heavy atom. The van der Waals surface area contributed by atoms with Crippen LogP contribution in [0.15, 0.2) is 60.8 Å². The van der Waals surface area contributed by atoms with E-state index in [1.807, 2.05) is 30.3 Å². The number of aromatic nitrogens is 1. The summed E-state index contributed by atoms with van der Waals surface area (Å²) in [5.74, 6) is -3.16. The van der Waals surface area contributed by atoms with Gasteiger partial charge in [0.2, 0.25) is 17.7 Å². The molecule has 6 rings (SSSR count). The summed E-state index contributed by atoms with van der Waals surface area (Å²) in [4.78, 5) is 82.7. The number of benzene rings is 2. The summed E-state index contributed by atoms with van der Waals surface area (Å²) in [6.45, 7) is 1.08. The van der Waals surface area contributed by atoms with Gasteiger partial charge in [-0.15, -0.1) is 0 Å². The lowest BCUT2D eigenvalue weighted by Crippen LogP contribution is -2.54. The number of methoxy groups -OCH3 is 1. The first kappa shape index (κ1) is 43.5. The van der Waals surface area contributed by atoms with Crippen LogP contribution in [0.1, 0.15) is 106 Å². The van der Waals surface area contributed by atoms with Gasteiger partial charge in [-0.1, -0.05) is 36.4 Å². The summed E-state index contributed by atoms with van der Waals surface area (Å²) in [6, 6.07) is 12.5. The number of imide groups is 2. The van der Waals surface area contributed by atoms with E-state index in [-0.39, 0.29) is 67.3 Å². The largest absolute Gasteiger partial charge is 0.495 e. The van der Waals surface area contributed by atoms with E-state index in [2.05, 4.69) is 15.6 Å². The average Bonchev–Trinajstić information content (AvgIpc) is 3.47. The van der Waals surface area contributed by atoms with Crippen molar-refractivity contribution in [3.63, 3.8) is 0 Å². The van der Waals surface area contributed by atoms with Crippen molar-refractivity contribution in [2.45, 2.75) is 83.0 Å². The standard InChI is InChI=1S/C44H48F3N5O8/c1-51(19-4-3-5-20-60-32-15-16-33-34(24-32)43(58)52(42(33)57)36-17-18-38(53)50-41(36)56)39(54)22-28-7-6-8-29(21-28)25-49-40(55)35-23-30(37(59-2)26-48-35)12-9-27-10-13-31(14-11-27)44(45,46)47/h6-9,12,15-16,21,23-24,26-27,31,36H,3-5,10-11,13-14,17-20,22,25H2,1-2H3,(H,49,55)(H,50,53,56)/b12-9+/t27-,31-,36?. The van der Waals surface area contributed by atoms with Crippen LogP contribution in [-0.2, 0) is 27.3 Å². The fraction of sp³-hybridized carbons (Fsp3) is 0.432. The van der Waals surface area contributed by atoms with Crippen LogP contribution in [0.4, 0.5) is 13.2 Å². The molecule has 3 heterocycles. The number of unbranched alkanes of at least 4 members (excludes halogenated alkanes) is 2. The second kappa shape index (κ2) is 19.3. The van der Waals surface area contributed by atoms with Gasteiger partial charge in [0.25, 0.3) is 17.7 Å². The van der Waals surface area contributed by atoms with Crippen LogP contribution in [0.5, 0.6) is 11.5 Å². The molecule has 1 aromatic heterocycles. The van der Waals surface area contributed by atoms with Crippen LogP contribution in [0, 0.1) is 11.8 Å². The zero-order chi connectivity index (χ0) is 43.0. The molecule has 1 saturated carbocycles. The number of allylic oxidation sites excluding steroid dienone is 1. The summed E-state index contributed by atoms with van der Waals surface area (Å²) in [7, 11) is 3.22. The van der Waals surface area contributed by atoms with Crippen molar-refractivity contribution in [1.82, 2.24) is 25.4 Å². The second-order valence-corrected chi connectivity index (χ2v) is 15.4. The number of hydrogen-bond acceptors (Lipinski definition) is 9. The van der Waals surface area contributed by atoms with Gasteiger partial charge in [0, 0.05) is 32.1 Å². The number of hydrogen-bond donors (Lipinski definition) is 2. The smallest absolute Gasteiger partial charge is 0.391 e. The Hall–Kier alpha value is -6.06. The van der Waals surface area contributed by atoms with Gasteiger partial charge < -0.3 is 19.7 Å². The number of nitrogens with zero attached hydrogens (tertiary/aromatic N) is 3. The van der Waals surface area contributed by atoms with Crippen LogP contribution in [0.25, 0.3) is 6.08 Å². The summed E-state index contributed by atoms with van der Waals surface area (Å²) in [5, 5.41) is 5.04. The maximum absolute atomic E-state index is 13.1. The third kappa shape index (κ3) is 10.8. The van der Waals surface area contributed by atoms with Crippen molar-refractivity contribution < 1.29 is 51.4 Å². The van der Waals surface area contributed by atoms with Gasteiger partial charge in [-0.25, -0.2) is 4.98 Å². The minimum atomic E-state index is -4.16. The molecule has 3 aromatic rings. The number of halogens is 3. The van der Waals surface area contributed by atoms with Gasteiger partial charge in [-0.05, 0) is 92.7 Å². The molecule has 318 valence electrons. The Morgan fingerprint density at radius 2 is 1.70 bits per heavy atom. The summed E-state index contributed by atoms with van der Waals surface area (Å²) in [6.07, 6.45) is 4.48. The lowest BCUT2D eigenvalue weighted by atomic mass is 9.81. The van der Waals surface area contributed by atoms with Gasteiger partial charge in [0.05, 0.1) is 43.4 Å². The normalized spacial score (nSPS) is 19.3. The van der Waals surface area contributed by atoms with E-state index >= 15 is 0 Å². The first-order valence-electron chi connectivity index (χ1n) is 20.1. The van der Waals surface area contributed by atoms with Crippen molar-refractivity contribution in [3.05, 3.63) is 94.3 Å². The van der Waals surface area contributed by atoms with Gasteiger partial charge in [-0.2, -0.15) is 13.2 Å². The van der Waals surface area contributed by atoms with Crippen molar-refractivity contribution >= 4 is 41.5 Å². The molecule has 0 spiro atoms. The Morgan fingerprint density at radius 3 is 2.43 bits per heavy atom. The van der Waals surface area contributed by atoms with E-state index in [0.717, 1.165) is 28.9 Å². The zero-order valence-electron chi connectivity index (χ0n) is 33.5. The molecule has 2 aromatic carbocycles. The number of fused-ring (bicyclic) bond motifs is 1. The Labute approximate surface area is 345 Å². The average molecular weight is 832 g/mol. The summed E-state index contributed by atoms with van der Waals surface area (Å²) < 4.78 is 50.5. The molecule has 1 aliphatic carbocycles. The minimum absolute atomic E-state index is 0.00286. The molecule has 1 unspecified atom stereocenters. The SMILES string of the molecule is COc1cnc(C(=O)NCc2cccc(CC(=O)N(C)CCCCCOc3ccc4c(c3)C(=O)N(C3CCC(=O)NC3=O)C4=O)c2)cc1/C=C/[C@H]1CC[C@H](C(F)(F)F)CC1. The van der Waals surface area contributed by atoms with E-state index in [0.29, 0.717) is 49.5 Å². The molecular formula is C44H48F3N5O8. The van der Waals surface area contributed by atoms with Gasteiger partial charge in [0.1, 0.15) is 23.2 Å². The molecule has 6 amide bonds. The highest BCUT2D eigenvalue weighted by atomic mass is 19.4. The number of pyridine rings is 1. The number of piperidine rings is 1. The van der Waals surface area contributed by atoms with Crippen LogP contribution in [0.2, 0.25) is 0 Å². The molecule has 0 bridgehead atoms. The highest BCUT2D eigenvalue weighted by molar-refractivity contribution is 6.23. The lowest BCUT2D eigenvalue weighted by Gasteiger charge is -2.28. The van der Waals surface area contributed by atoms with Gasteiger partial charge in [-0.3, -0.25) is 39.0 Å². The fourth-order valence-electron chi connectivity index (χ4n) is 7.68. The second-order valence-electron chi connectivity index (χ2n) is 15.4. The molecule has 16 heteroatoms. The summed E-state index contributed by atoms with van der Waals surface area (Å²) >= 11 is 0. The molecule has 1 atom stereocenters. The zero-order valence-corrected chi connectivity index (χ0v) is 33.5. The number of amides is 6. The molecule has 2 N–H and O–H groups in total. The number of ether oxygens (including phenoxy) is 2. The van der Waals surface area contributed by atoms with Crippen LogP contribution < -0.4 is 20.1 Å². The Bertz CT molecular complexity index is 2150. The first-order valence-corrected chi connectivity index (χ1v) is 20.1. The highest BCUT2D eigenvalue weighted by Gasteiger charge is 2.45. The number of rotatable bonds is 16. The van der Waals surface area contributed by atoms with Crippen molar-refractivity contribution in [2.75, 3.05) is 27.3 Å². The quantitative estimate of drug-likeness (QED) is 0.129. The third-order valence-corrected chi connectivity index (χ3v) is 11.2. The van der Waals surface area contributed by atoms with E-state index in [4.69, 9.17) is 9.47 Å². The minimum Gasteiger partial charge on any atom is -0.495 e. The maximum atomic E-state index is 13.1. The van der Waals surface area contributed by atoms with E-state index < -0.39 is 47.7 Å². The number of carbonyl (C=O) groups is 6. The van der Waals surface area contributed by atoms with Crippen LogP contribution in [-0.4, -0.2) is 89.8 Å². The molecule has 13 nitrogen and oxygen atoms in total. The number of alkyl halides is 3. The number of likely N-dealkylation sites (N-methyl/N-ethyl adjacent to an activating group) is 1. The van der Waals surface area contributed by atoms with Crippen molar-refractivity contribution in [2.24, 2.45) is 11.8 Å². The Balaban J connectivity index is 0.906. The van der Waals surface area contributed by atoms with E-state index in [9.17, 15) is 41.9 Å². The molecule has 0 radical (unpaired) electrons. The first-order chi connectivity index (χ1) is 28.7. The topological polar surface area (TPSA) is 164 Å². The molecule has 3 aliphatic rings. The predicted molar refractivity (Wildman–Crippen MR) is 213 cm³/mol. The molecule has 1 saturated heterocycles. The van der Waals surface area contributed by atoms with Gasteiger partial charge in [0.15, 0.2) is 0 Å². The monoisotopic (exact) mass is 831 g/mol. The predicted octanol–water partition coefficient (Wildman–Crippen LogP) is 6.05. The maximum Gasteiger partial charge on any atom is 0.391 e. The van der Waals surface area contributed by atoms with E-state index in [1.54, 1.807) is 30.2 Å². The van der Waals surface area contributed by atoms with Crippen LogP contribution in [0.3, 0.4) is 0 Å². The highest BCUT2D eigenvalue weighted by Crippen LogP contribution is 2.40. The number of nitrogens with one attached hydrogen (secondary N) is 2.